The highest BCUT2D eigenvalue weighted by molar-refractivity contribution is 5.98. The fourth-order valence-corrected chi connectivity index (χ4v) is 2.47. The second-order valence-corrected chi connectivity index (χ2v) is 7.93. The van der Waals surface area contributed by atoms with Crippen LogP contribution >= 0.6 is 0 Å². The summed E-state index contributed by atoms with van der Waals surface area (Å²) in [5, 5.41) is 8.79. The number of hydrogen-bond donors (Lipinski definition) is 3. The van der Waals surface area contributed by atoms with Gasteiger partial charge in [0.15, 0.2) is 0 Å². The van der Waals surface area contributed by atoms with Crippen molar-refractivity contribution in [1.29, 1.82) is 0 Å². The quantitative estimate of drug-likeness (QED) is 0.585. The molecule has 0 heterocycles. The summed E-state index contributed by atoms with van der Waals surface area (Å²) in [6.45, 7) is 11.9. The highest BCUT2D eigenvalue weighted by atomic mass is 16.5. The molecule has 0 radical (unpaired) electrons. The van der Waals surface area contributed by atoms with Gasteiger partial charge in [0.25, 0.3) is 5.91 Å². The predicted octanol–water partition coefficient (Wildman–Crippen LogP) is 4.22. The molecule has 2 rings (SSSR count). The van der Waals surface area contributed by atoms with E-state index in [4.69, 9.17) is 4.74 Å². The average Bonchev–Trinajstić information content (AvgIpc) is 2.64. The van der Waals surface area contributed by atoms with E-state index in [1.165, 1.54) is 0 Å². The summed E-state index contributed by atoms with van der Waals surface area (Å²) in [6.07, 6.45) is 0. The van der Waals surface area contributed by atoms with Gasteiger partial charge in [-0.3, -0.25) is 9.59 Å². The molecule has 0 unspecified atom stereocenters. The van der Waals surface area contributed by atoms with Crippen molar-refractivity contribution in [2.75, 3.05) is 23.8 Å². The lowest BCUT2D eigenvalue weighted by atomic mass is 10.1. The molecular formula is C23H29N3O3. The highest BCUT2D eigenvalue weighted by Gasteiger charge is 2.15. The third-order valence-corrected chi connectivity index (χ3v) is 3.70. The molecular weight excluding hydrogens is 366 g/mol. The molecule has 29 heavy (non-hydrogen) atoms. The third kappa shape index (κ3) is 7.70. The first-order valence-corrected chi connectivity index (χ1v) is 9.46. The Morgan fingerprint density at radius 2 is 1.79 bits per heavy atom. The zero-order valence-corrected chi connectivity index (χ0v) is 17.5. The van der Waals surface area contributed by atoms with Crippen LogP contribution in [0.3, 0.4) is 0 Å². The largest absolute Gasteiger partial charge is 0.487 e. The Hall–Kier alpha value is -3.28. The van der Waals surface area contributed by atoms with Gasteiger partial charge in [0.1, 0.15) is 12.4 Å². The maximum atomic E-state index is 12.3. The van der Waals surface area contributed by atoms with E-state index in [1.807, 2.05) is 52.0 Å². The second-order valence-electron chi connectivity index (χ2n) is 7.93. The summed E-state index contributed by atoms with van der Waals surface area (Å²) in [5.41, 5.74) is 2.35. The number of amides is 2. The number of benzene rings is 2. The number of nitrogens with one attached hydrogen (secondary N) is 3. The highest BCUT2D eigenvalue weighted by Crippen LogP contribution is 2.24. The van der Waals surface area contributed by atoms with E-state index in [9.17, 15) is 9.59 Å². The first-order valence-electron chi connectivity index (χ1n) is 9.46. The molecule has 6 heteroatoms. The molecule has 0 saturated heterocycles. The van der Waals surface area contributed by atoms with Crippen LogP contribution in [0.4, 0.5) is 11.4 Å². The first kappa shape index (κ1) is 22.0. The van der Waals surface area contributed by atoms with Crippen LogP contribution in [-0.4, -0.2) is 30.5 Å². The van der Waals surface area contributed by atoms with Crippen molar-refractivity contribution in [2.45, 2.75) is 33.2 Å². The Labute approximate surface area is 172 Å². The van der Waals surface area contributed by atoms with Gasteiger partial charge in [-0.25, -0.2) is 0 Å². The van der Waals surface area contributed by atoms with E-state index in [2.05, 4.69) is 22.5 Å². The summed E-state index contributed by atoms with van der Waals surface area (Å²) in [5.74, 6) is 0.243. The minimum Gasteiger partial charge on any atom is -0.487 e. The van der Waals surface area contributed by atoms with Gasteiger partial charge in [-0.1, -0.05) is 24.8 Å². The fourth-order valence-electron chi connectivity index (χ4n) is 2.47. The van der Waals surface area contributed by atoms with Gasteiger partial charge in [-0.15, -0.1) is 0 Å². The number of ether oxygens (including phenoxy) is 1. The molecule has 2 aromatic carbocycles. The maximum Gasteiger partial charge on any atom is 0.251 e. The topological polar surface area (TPSA) is 79.5 Å². The minimum absolute atomic E-state index is 0.0614. The van der Waals surface area contributed by atoms with E-state index < -0.39 is 0 Å². The van der Waals surface area contributed by atoms with Gasteiger partial charge in [-0.05, 0) is 63.6 Å². The van der Waals surface area contributed by atoms with Gasteiger partial charge in [0.2, 0.25) is 5.91 Å². The van der Waals surface area contributed by atoms with E-state index in [0.29, 0.717) is 23.6 Å². The number of anilines is 2. The van der Waals surface area contributed by atoms with Crippen molar-refractivity contribution in [2.24, 2.45) is 0 Å². The van der Waals surface area contributed by atoms with E-state index in [0.717, 1.165) is 11.3 Å². The van der Waals surface area contributed by atoms with Gasteiger partial charge in [-0.2, -0.15) is 0 Å². The second kappa shape index (κ2) is 9.78. The monoisotopic (exact) mass is 395 g/mol. The van der Waals surface area contributed by atoms with Crippen LogP contribution in [0.15, 0.2) is 60.7 Å². The van der Waals surface area contributed by atoms with Crippen molar-refractivity contribution >= 4 is 23.2 Å². The van der Waals surface area contributed by atoms with Crippen molar-refractivity contribution in [3.05, 3.63) is 66.2 Å². The zero-order valence-electron chi connectivity index (χ0n) is 17.5. The Morgan fingerprint density at radius 3 is 2.48 bits per heavy atom. The molecule has 0 atom stereocenters. The molecule has 0 aliphatic heterocycles. The van der Waals surface area contributed by atoms with Crippen molar-refractivity contribution in [3.63, 3.8) is 0 Å². The Morgan fingerprint density at radius 1 is 1.07 bits per heavy atom. The molecule has 0 spiro atoms. The van der Waals surface area contributed by atoms with Crippen LogP contribution in [0.5, 0.6) is 5.75 Å². The van der Waals surface area contributed by atoms with Gasteiger partial charge in [0.05, 0.1) is 12.2 Å². The van der Waals surface area contributed by atoms with Crippen LogP contribution in [0.2, 0.25) is 0 Å². The lowest BCUT2D eigenvalue weighted by Gasteiger charge is -2.20. The molecule has 2 amide bonds. The molecule has 0 fully saturated rings. The maximum absolute atomic E-state index is 12.3. The van der Waals surface area contributed by atoms with Crippen LogP contribution in [0, 0.1) is 0 Å². The lowest BCUT2D eigenvalue weighted by molar-refractivity contribution is -0.114. The Bertz CT molecular complexity index is 885. The number of carbonyl (C=O) groups excluding carboxylic acids is 2. The average molecular weight is 396 g/mol. The zero-order chi connectivity index (χ0) is 21.4. The number of rotatable bonds is 8. The molecule has 154 valence electrons. The summed E-state index contributed by atoms with van der Waals surface area (Å²) in [7, 11) is 0. The molecule has 0 aromatic heterocycles. The molecule has 0 bridgehead atoms. The summed E-state index contributed by atoms with van der Waals surface area (Å²) >= 11 is 0. The smallest absolute Gasteiger partial charge is 0.251 e. The van der Waals surface area contributed by atoms with Crippen LogP contribution < -0.4 is 20.7 Å². The third-order valence-electron chi connectivity index (χ3n) is 3.70. The van der Waals surface area contributed by atoms with Crippen molar-refractivity contribution in [1.82, 2.24) is 5.32 Å². The Balaban J connectivity index is 1.96. The van der Waals surface area contributed by atoms with E-state index >= 15 is 0 Å². The van der Waals surface area contributed by atoms with Gasteiger partial charge < -0.3 is 20.7 Å². The molecule has 0 aliphatic carbocycles. The van der Waals surface area contributed by atoms with E-state index in [-0.39, 0.29) is 23.9 Å². The van der Waals surface area contributed by atoms with Crippen LogP contribution in [-0.2, 0) is 4.79 Å². The molecule has 0 saturated carbocycles. The normalized spacial score (nSPS) is 10.8. The summed E-state index contributed by atoms with van der Waals surface area (Å²) < 4.78 is 5.69. The van der Waals surface area contributed by atoms with E-state index in [1.54, 1.807) is 24.3 Å². The molecule has 3 N–H and O–H groups in total. The standard InChI is InChI=1S/C23H29N3O3/c1-16(2)15-29-20-12-7-6-11-19(20)24-14-21(27)25-18-10-8-9-17(13-18)22(28)26-23(3,4)5/h6-13,24H,1,14-15H2,2-5H3,(H,25,27)(H,26,28). The summed E-state index contributed by atoms with van der Waals surface area (Å²) in [4.78, 5) is 24.6. The molecule has 0 aliphatic rings. The number of carbonyl (C=O) groups is 2. The van der Waals surface area contributed by atoms with Crippen molar-refractivity contribution < 1.29 is 14.3 Å². The number of para-hydroxylation sites is 2. The van der Waals surface area contributed by atoms with Gasteiger partial charge >= 0.3 is 0 Å². The first-order chi connectivity index (χ1) is 13.6. The fraction of sp³-hybridized carbons (Fsp3) is 0.304. The SMILES string of the molecule is C=C(C)COc1ccccc1NCC(=O)Nc1cccc(C(=O)NC(C)(C)C)c1. The van der Waals surface area contributed by atoms with Crippen LogP contribution in [0.25, 0.3) is 0 Å². The van der Waals surface area contributed by atoms with Crippen LogP contribution in [0.1, 0.15) is 38.1 Å². The molecule has 2 aromatic rings. The number of hydrogen-bond acceptors (Lipinski definition) is 4. The summed E-state index contributed by atoms with van der Waals surface area (Å²) in [6, 6.07) is 14.3. The van der Waals surface area contributed by atoms with Gasteiger partial charge in [0, 0.05) is 16.8 Å². The molecule has 6 nitrogen and oxygen atoms in total. The van der Waals surface area contributed by atoms with Crippen molar-refractivity contribution in [3.8, 4) is 5.75 Å². The predicted molar refractivity (Wildman–Crippen MR) is 118 cm³/mol. The minimum atomic E-state index is -0.333. The lowest BCUT2D eigenvalue weighted by Crippen LogP contribution is -2.40. The Kier molecular flexibility index (Phi) is 7.42.